The number of hydrogen-bond donors (Lipinski definition) is 2. The third-order valence-corrected chi connectivity index (χ3v) is 5.85. The number of rotatable bonds is 8. The highest BCUT2D eigenvalue weighted by molar-refractivity contribution is 6.33. The van der Waals surface area contributed by atoms with E-state index in [0.717, 1.165) is 12.3 Å². The van der Waals surface area contributed by atoms with E-state index in [1.54, 1.807) is 31.3 Å². The second-order valence-electron chi connectivity index (χ2n) is 7.90. The van der Waals surface area contributed by atoms with E-state index in [1.165, 1.54) is 23.1 Å². The van der Waals surface area contributed by atoms with Crippen molar-refractivity contribution in [3.05, 3.63) is 82.4 Å². The number of nitrogens with two attached hydrogens (primary N) is 1. The highest BCUT2D eigenvalue weighted by atomic mass is 35.5. The van der Waals surface area contributed by atoms with Gasteiger partial charge in [-0.1, -0.05) is 23.7 Å². The molecular formula is C24H21ClF3N7O2. The van der Waals surface area contributed by atoms with E-state index in [1.807, 2.05) is 0 Å². The summed E-state index contributed by atoms with van der Waals surface area (Å²) < 4.78 is 45.2. The van der Waals surface area contributed by atoms with E-state index in [9.17, 15) is 18.0 Å². The number of nitrogens with zero attached hydrogens (tertiary/aromatic N) is 5. The van der Waals surface area contributed by atoms with Gasteiger partial charge in [-0.2, -0.15) is 13.2 Å². The van der Waals surface area contributed by atoms with E-state index in [-0.39, 0.29) is 35.2 Å². The molecule has 4 aromatic rings. The van der Waals surface area contributed by atoms with E-state index >= 15 is 0 Å². The van der Waals surface area contributed by atoms with Crippen LogP contribution in [-0.2, 0) is 19.1 Å². The SMILES string of the molecule is CN(C(=O)c1ccc(Cl)c(-c2cnc(C(F)(F)F)cc2CN)c1)c1ccccc1OCCc1nnn[nH]1. The van der Waals surface area contributed by atoms with Gasteiger partial charge in [0.25, 0.3) is 5.91 Å². The van der Waals surface area contributed by atoms with Gasteiger partial charge in [-0.05, 0) is 52.4 Å². The average Bonchev–Trinajstić information content (AvgIpc) is 3.41. The molecule has 2 aromatic carbocycles. The molecule has 1 amide bonds. The number of ether oxygens (including phenoxy) is 1. The smallest absolute Gasteiger partial charge is 0.433 e. The fourth-order valence-corrected chi connectivity index (χ4v) is 3.85. The number of anilines is 1. The molecule has 0 bridgehead atoms. The Labute approximate surface area is 214 Å². The van der Waals surface area contributed by atoms with Gasteiger partial charge < -0.3 is 15.4 Å². The zero-order valence-corrected chi connectivity index (χ0v) is 20.2. The number of nitrogens with one attached hydrogen (secondary N) is 1. The third-order valence-electron chi connectivity index (χ3n) is 5.52. The van der Waals surface area contributed by atoms with Gasteiger partial charge in [-0.3, -0.25) is 9.78 Å². The van der Waals surface area contributed by atoms with Crippen LogP contribution >= 0.6 is 11.6 Å². The summed E-state index contributed by atoms with van der Waals surface area (Å²) >= 11 is 6.36. The van der Waals surface area contributed by atoms with Crippen LogP contribution < -0.4 is 15.4 Å². The van der Waals surface area contributed by atoms with Crippen molar-refractivity contribution in [2.24, 2.45) is 5.73 Å². The largest absolute Gasteiger partial charge is 0.491 e. The first-order valence-corrected chi connectivity index (χ1v) is 11.4. The highest BCUT2D eigenvalue weighted by Crippen LogP contribution is 2.35. The molecule has 0 aliphatic carbocycles. The topological polar surface area (TPSA) is 123 Å². The van der Waals surface area contributed by atoms with Crippen LogP contribution in [0.2, 0.25) is 5.02 Å². The molecule has 0 saturated heterocycles. The van der Waals surface area contributed by atoms with Crippen LogP contribution in [0.25, 0.3) is 11.1 Å². The minimum absolute atomic E-state index is 0.176. The molecule has 0 saturated carbocycles. The summed E-state index contributed by atoms with van der Waals surface area (Å²) in [7, 11) is 1.59. The van der Waals surface area contributed by atoms with Crippen LogP contribution in [0.15, 0.2) is 54.7 Å². The number of benzene rings is 2. The second-order valence-corrected chi connectivity index (χ2v) is 8.31. The lowest BCUT2D eigenvalue weighted by atomic mass is 9.98. The summed E-state index contributed by atoms with van der Waals surface area (Å²) in [5, 5.41) is 13.7. The van der Waals surface area contributed by atoms with Gasteiger partial charge in [-0.25, -0.2) is 5.10 Å². The van der Waals surface area contributed by atoms with Gasteiger partial charge in [0, 0.05) is 47.9 Å². The first-order chi connectivity index (χ1) is 17.7. The van der Waals surface area contributed by atoms with Crippen molar-refractivity contribution in [3.8, 4) is 16.9 Å². The fraction of sp³-hybridized carbons (Fsp3) is 0.208. The Morgan fingerprint density at radius 1 is 1.16 bits per heavy atom. The van der Waals surface area contributed by atoms with Crippen LogP contribution in [-0.4, -0.2) is 45.2 Å². The molecule has 0 unspecified atom stereocenters. The fourth-order valence-electron chi connectivity index (χ4n) is 3.63. The first-order valence-electron chi connectivity index (χ1n) is 11.0. The Hall–Kier alpha value is -4.03. The lowest BCUT2D eigenvalue weighted by Gasteiger charge is -2.21. The van der Waals surface area contributed by atoms with Gasteiger partial charge in [0.2, 0.25) is 0 Å². The molecule has 2 heterocycles. The van der Waals surface area contributed by atoms with Crippen LogP contribution in [0, 0.1) is 0 Å². The van der Waals surface area contributed by atoms with Crippen molar-refractivity contribution in [3.63, 3.8) is 0 Å². The van der Waals surface area contributed by atoms with Crippen LogP contribution in [0.5, 0.6) is 5.75 Å². The Bertz CT molecular complexity index is 1400. The number of halogens is 4. The van der Waals surface area contributed by atoms with Gasteiger partial charge in [0.05, 0.1) is 12.3 Å². The van der Waals surface area contributed by atoms with Crippen molar-refractivity contribution in [1.29, 1.82) is 0 Å². The molecule has 4 rings (SSSR count). The van der Waals surface area contributed by atoms with Crippen molar-refractivity contribution in [2.75, 3.05) is 18.6 Å². The number of aromatic amines is 1. The lowest BCUT2D eigenvalue weighted by Crippen LogP contribution is -2.27. The number of aromatic nitrogens is 5. The Kier molecular flexibility index (Phi) is 7.69. The number of amides is 1. The van der Waals surface area contributed by atoms with E-state index < -0.39 is 11.9 Å². The molecule has 0 fully saturated rings. The lowest BCUT2D eigenvalue weighted by molar-refractivity contribution is -0.141. The normalized spacial score (nSPS) is 11.4. The van der Waals surface area contributed by atoms with Crippen LogP contribution in [0.4, 0.5) is 18.9 Å². The predicted octanol–water partition coefficient (Wildman–Crippen LogP) is 4.29. The molecule has 0 aliphatic rings. The standard InChI is InChI=1S/C24H21ClF3N7O2/c1-35(19-4-2-3-5-20(19)37-9-8-22-31-33-34-32-22)23(36)14-6-7-18(25)16(10-14)17-13-30-21(24(26,27)28)11-15(17)12-29/h2-7,10-11,13H,8-9,12,29H2,1H3,(H,31,32,33,34). The number of carbonyl (C=O) groups is 1. The molecule has 37 heavy (non-hydrogen) atoms. The van der Waals surface area contributed by atoms with E-state index in [4.69, 9.17) is 22.1 Å². The highest BCUT2D eigenvalue weighted by Gasteiger charge is 2.33. The number of pyridine rings is 1. The van der Waals surface area contributed by atoms with Crippen LogP contribution in [0.3, 0.4) is 0 Å². The average molecular weight is 532 g/mol. The van der Waals surface area contributed by atoms with Crippen molar-refractivity contribution >= 4 is 23.2 Å². The number of alkyl halides is 3. The molecule has 3 N–H and O–H groups in total. The Morgan fingerprint density at radius 2 is 1.95 bits per heavy atom. The van der Waals surface area contributed by atoms with Crippen molar-refractivity contribution < 1.29 is 22.7 Å². The van der Waals surface area contributed by atoms with Crippen LogP contribution in [0.1, 0.15) is 27.4 Å². The molecule has 0 radical (unpaired) electrons. The summed E-state index contributed by atoms with van der Waals surface area (Å²) in [6, 6.07) is 12.4. The number of H-pyrrole nitrogens is 1. The minimum atomic E-state index is -4.62. The second kappa shape index (κ2) is 10.9. The molecule has 13 heteroatoms. The summed E-state index contributed by atoms with van der Waals surface area (Å²) in [5.41, 5.74) is 6.28. The zero-order valence-electron chi connectivity index (χ0n) is 19.5. The monoisotopic (exact) mass is 531 g/mol. The molecule has 0 atom stereocenters. The quantitative estimate of drug-likeness (QED) is 0.347. The summed E-state index contributed by atoms with van der Waals surface area (Å²) in [4.78, 5) is 18.3. The van der Waals surface area contributed by atoms with Gasteiger partial charge in [0.1, 0.15) is 11.4 Å². The molecular weight excluding hydrogens is 511 g/mol. The van der Waals surface area contributed by atoms with E-state index in [2.05, 4.69) is 25.6 Å². The molecule has 2 aromatic heterocycles. The van der Waals surface area contributed by atoms with Crippen molar-refractivity contribution in [2.45, 2.75) is 19.1 Å². The molecule has 9 nitrogen and oxygen atoms in total. The first kappa shape index (κ1) is 26.0. The molecule has 0 aliphatic heterocycles. The summed E-state index contributed by atoms with van der Waals surface area (Å²) in [6.45, 7) is 0.0913. The maximum atomic E-state index is 13.4. The Morgan fingerprint density at radius 3 is 2.65 bits per heavy atom. The number of hydrogen-bond acceptors (Lipinski definition) is 7. The van der Waals surface area contributed by atoms with Crippen molar-refractivity contribution in [1.82, 2.24) is 25.6 Å². The van der Waals surface area contributed by atoms with E-state index in [0.29, 0.717) is 34.8 Å². The Balaban J connectivity index is 1.60. The molecule has 192 valence electrons. The third kappa shape index (κ3) is 5.87. The van der Waals surface area contributed by atoms with Gasteiger partial charge in [0.15, 0.2) is 5.82 Å². The molecule has 0 spiro atoms. The minimum Gasteiger partial charge on any atom is -0.491 e. The number of tetrazole rings is 1. The predicted molar refractivity (Wildman–Crippen MR) is 130 cm³/mol. The summed E-state index contributed by atoms with van der Waals surface area (Å²) in [5.74, 6) is 0.644. The number of para-hydroxylation sites is 2. The maximum absolute atomic E-state index is 13.4. The maximum Gasteiger partial charge on any atom is 0.433 e. The summed E-state index contributed by atoms with van der Waals surface area (Å²) in [6.07, 6.45) is -3.12. The number of carbonyl (C=O) groups excluding carboxylic acids is 1. The van der Waals surface area contributed by atoms with Gasteiger partial charge >= 0.3 is 6.18 Å². The van der Waals surface area contributed by atoms with Gasteiger partial charge in [-0.15, -0.1) is 5.10 Å². The zero-order chi connectivity index (χ0) is 26.6.